The van der Waals surface area contributed by atoms with E-state index in [1.807, 2.05) is 0 Å². The van der Waals surface area contributed by atoms with Crippen molar-refractivity contribution in [3.63, 3.8) is 0 Å². The summed E-state index contributed by atoms with van der Waals surface area (Å²) in [6.07, 6.45) is 6.07. The molecule has 2 amide bonds. The van der Waals surface area contributed by atoms with Crippen LogP contribution in [0.4, 0.5) is 4.79 Å². The number of hydrogen-bond acceptors (Lipinski definition) is 3. The molecule has 2 fully saturated rings. The Morgan fingerprint density at radius 2 is 2.00 bits per heavy atom. The van der Waals surface area contributed by atoms with Gasteiger partial charge in [0.1, 0.15) is 0 Å². The van der Waals surface area contributed by atoms with Crippen molar-refractivity contribution >= 4 is 12.0 Å². The highest BCUT2D eigenvalue weighted by Gasteiger charge is 2.32. The molecule has 19 heavy (non-hydrogen) atoms. The van der Waals surface area contributed by atoms with E-state index >= 15 is 0 Å². The first-order valence-corrected chi connectivity index (χ1v) is 7.03. The van der Waals surface area contributed by atoms with Gasteiger partial charge in [-0.15, -0.1) is 0 Å². The molecule has 0 radical (unpaired) electrons. The number of hydrogen-bond donors (Lipinski definition) is 2. The lowest BCUT2D eigenvalue weighted by Crippen LogP contribution is -2.56. The third-order valence-electron chi connectivity index (χ3n) is 3.94. The van der Waals surface area contributed by atoms with Gasteiger partial charge >= 0.3 is 12.0 Å². The number of rotatable bonds is 3. The topological polar surface area (TPSA) is 78.9 Å². The Morgan fingerprint density at radius 1 is 1.26 bits per heavy atom. The number of nitrogens with zero attached hydrogens (tertiary/aromatic N) is 1. The molecular weight excluding hydrogens is 248 g/mol. The van der Waals surface area contributed by atoms with E-state index in [1.54, 1.807) is 0 Å². The van der Waals surface area contributed by atoms with Crippen LogP contribution >= 0.6 is 0 Å². The van der Waals surface area contributed by atoms with Gasteiger partial charge in [-0.25, -0.2) is 9.59 Å². The molecule has 2 rings (SSSR count). The summed E-state index contributed by atoms with van der Waals surface area (Å²) in [6.45, 7) is 1.48. The average Bonchev–Trinajstić information content (AvgIpc) is 2.46. The molecule has 1 unspecified atom stereocenters. The lowest BCUT2D eigenvalue weighted by atomic mass is 9.89. The number of carboxylic acid groups (broad SMARTS) is 1. The highest BCUT2D eigenvalue weighted by Crippen LogP contribution is 2.22. The Hall–Kier alpha value is -1.30. The van der Waals surface area contributed by atoms with Crippen LogP contribution < -0.4 is 5.32 Å². The van der Waals surface area contributed by atoms with E-state index in [4.69, 9.17) is 9.84 Å². The number of morpholine rings is 1. The maximum Gasteiger partial charge on any atom is 0.328 e. The van der Waals surface area contributed by atoms with Gasteiger partial charge in [-0.2, -0.15) is 0 Å². The minimum absolute atomic E-state index is 0.0756. The summed E-state index contributed by atoms with van der Waals surface area (Å²) in [6, 6.07) is -1.14. The van der Waals surface area contributed by atoms with Gasteiger partial charge in [0, 0.05) is 13.1 Å². The van der Waals surface area contributed by atoms with E-state index in [0.717, 1.165) is 12.8 Å². The van der Waals surface area contributed by atoms with E-state index in [1.165, 1.54) is 24.2 Å². The summed E-state index contributed by atoms with van der Waals surface area (Å²) in [5, 5.41) is 11.9. The first-order chi connectivity index (χ1) is 9.18. The maximum absolute atomic E-state index is 12.1. The number of nitrogens with one attached hydrogen (secondary N) is 1. The van der Waals surface area contributed by atoms with Crippen molar-refractivity contribution in [3.05, 3.63) is 0 Å². The number of ether oxygens (including phenoxy) is 1. The lowest BCUT2D eigenvalue weighted by molar-refractivity contribution is -0.147. The number of amides is 2. The molecule has 1 heterocycles. The summed E-state index contributed by atoms with van der Waals surface area (Å²) >= 11 is 0. The highest BCUT2D eigenvalue weighted by molar-refractivity contribution is 5.83. The Bertz CT molecular complexity index is 329. The van der Waals surface area contributed by atoms with Crippen LogP contribution in [0.25, 0.3) is 0 Å². The Labute approximate surface area is 113 Å². The highest BCUT2D eigenvalue weighted by atomic mass is 16.5. The molecule has 1 aliphatic carbocycles. The zero-order valence-corrected chi connectivity index (χ0v) is 11.1. The van der Waals surface area contributed by atoms with Crippen molar-refractivity contribution in [3.8, 4) is 0 Å². The number of carbonyl (C=O) groups excluding carboxylic acids is 1. The van der Waals surface area contributed by atoms with Crippen molar-refractivity contribution in [2.24, 2.45) is 5.92 Å². The monoisotopic (exact) mass is 270 g/mol. The molecule has 1 atom stereocenters. The molecule has 108 valence electrons. The molecule has 0 spiro atoms. The summed E-state index contributed by atoms with van der Waals surface area (Å²) in [5.74, 6) is -0.463. The fourth-order valence-corrected chi connectivity index (χ4v) is 2.78. The van der Waals surface area contributed by atoms with Crippen LogP contribution in [0.3, 0.4) is 0 Å². The van der Waals surface area contributed by atoms with Crippen LogP contribution in [0.15, 0.2) is 0 Å². The second-order valence-corrected chi connectivity index (χ2v) is 5.31. The summed E-state index contributed by atoms with van der Waals surface area (Å²) in [4.78, 5) is 24.5. The van der Waals surface area contributed by atoms with Crippen LogP contribution in [0.1, 0.15) is 32.1 Å². The molecule has 6 nitrogen and oxygen atoms in total. The third-order valence-corrected chi connectivity index (χ3v) is 3.94. The molecule has 2 aliphatic rings. The molecule has 0 aromatic rings. The van der Waals surface area contributed by atoms with Gasteiger partial charge in [0.15, 0.2) is 6.04 Å². The van der Waals surface area contributed by atoms with Crippen molar-refractivity contribution < 1.29 is 19.4 Å². The number of carboxylic acids is 1. The summed E-state index contributed by atoms with van der Waals surface area (Å²) in [5.41, 5.74) is 0. The molecule has 6 heteroatoms. The Morgan fingerprint density at radius 3 is 2.68 bits per heavy atom. The molecule has 1 saturated heterocycles. The van der Waals surface area contributed by atoms with E-state index in [0.29, 0.717) is 25.6 Å². The molecule has 0 bridgehead atoms. The fourth-order valence-electron chi connectivity index (χ4n) is 2.78. The minimum atomic E-state index is -1.01. The zero-order chi connectivity index (χ0) is 13.7. The standard InChI is InChI=1S/C13H22N2O4/c16-12(17)11-9-19-7-6-15(11)13(18)14-8-10-4-2-1-3-5-10/h10-11H,1-9H2,(H,14,18)(H,16,17). The molecule has 0 aromatic heterocycles. The van der Waals surface area contributed by atoms with E-state index < -0.39 is 12.0 Å². The number of urea groups is 1. The molecule has 1 saturated carbocycles. The maximum atomic E-state index is 12.1. The molecule has 0 aromatic carbocycles. The van der Waals surface area contributed by atoms with Crippen molar-refractivity contribution in [1.29, 1.82) is 0 Å². The van der Waals surface area contributed by atoms with Crippen LogP contribution in [0, 0.1) is 5.92 Å². The zero-order valence-electron chi connectivity index (χ0n) is 11.1. The van der Waals surface area contributed by atoms with Gasteiger partial charge in [-0.05, 0) is 18.8 Å². The summed E-state index contributed by atoms with van der Waals surface area (Å²) < 4.78 is 5.12. The van der Waals surface area contributed by atoms with E-state index in [9.17, 15) is 9.59 Å². The molecular formula is C13H22N2O4. The normalized spacial score (nSPS) is 25.1. The predicted octanol–water partition coefficient (Wildman–Crippen LogP) is 1.06. The van der Waals surface area contributed by atoms with Crippen molar-refractivity contribution in [2.45, 2.75) is 38.1 Å². The third kappa shape index (κ3) is 3.83. The smallest absolute Gasteiger partial charge is 0.328 e. The number of carbonyl (C=O) groups is 2. The second-order valence-electron chi connectivity index (χ2n) is 5.31. The van der Waals surface area contributed by atoms with Gasteiger partial charge in [0.05, 0.1) is 13.2 Å². The van der Waals surface area contributed by atoms with E-state index in [2.05, 4.69) is 5.32 Å². The Kier molecular flexibility index (Phi) is 5.01. The number of aliphatic carboxylic acids is 1. The first-order valence-electron chi connectivity index (χ1n) is 7.03. The summed E-state index contributed by atoms with van der Waals surface area (Å²) in [7, 11) is 0. The molecule has 2 N–H and O–H groups in total. The SMILES string of the molecule is O=C(O)C1COCCN1C(=O)NCC1CCCCC1. The predicted molar refractivity (Wildman–Crippen MR) is 68.9 cm³/mol. The van der Waals surface area contributed by atoms with Crippen LogP contribution in [0.5, 0.6) is 0 Å². The van der Waals surface area contributed by atoms with Gasteiger partial charge in [0.25, 0.3) is 0 Å². The average molecular weight is 270 g/mol. The van der Waals surface area contributed by atoms with Crippen LogP contribution in [0.2, 0.25) is 0 Å². The largest absolute Gasteiger partial charge is 0.480 e. The van der Waals surface area contributed by atoms with Gasteiger partial charge < -0.3 is 20.1 Å². The first kappa shape index (κ1) is 14.1. The fraction of sp³-hybridized carbons (Fsp3) is 0.846. The Balaban J connectivity index is 1.81. The van der Waals surface area contributed by atoms with Crippen molar-refractivity contribution in [1.82, 2.24) is 10.2 Å². The van der Waals surface area contributed by atoms with Crippen LogP contribution in [-0.4, -0.2) is 54.4 Å². The minimum Gasteiger partial charge on any atom is -0.480 e. The lowest BCUT2D eigenvalue weighted by Gasteiger charge is -2.33. The van der Waals surface area contributed by atoms with Crippen LogP contribution in [-0.2, 0) is 9.53 Å². The van der Waals surface area contributed by atoms with E-state index in [-0.39, 0.29) is 12.6 Å². The van der Waals surface area contributed by atoms with Gasteiger partial charge in [-0.1, -0.05) is 19.3 Å². The van der Waals surface area contributed by atoms with Crippen molar-refractivity contribution in [2.75, 3.05) is 26.3 Å². The second kappa shape index (κ2) is 6.75. The van der Waals surface area contributed by atoms with Gasteiger partial charge in [-0.3, -0.25) is 0 Å². The van der Waals surface area contributed by atoms with Gasteiger partial charge in [0.2, 0.25) is 0 Å². The quantitative estimate of drug-likeness (QED) is 0.803. The molecule has 1 aliphatic heterocycles.